The monoisotopic (exact) mass is 488 g/mol. The Balaban J connectivity index is 1.46. The molecule has 2 heterocycles. The van der Waals surface area contributed by atoms with Crippen molar-refractivity contribution in [3.05, 3.63) is 64.3 Å². The molecular formula is C22H21ClN4O5S. The van der Waals surface area contributed by atoms with Gasteiger partial charge in [-0.2, -0.15) is 4.98 Å². The number of nitrogens with one attached hydrogen (secondary N) is 1. The third-order valence-corrected chi connectivity index (χ3v) is 7.72. The average Bonchev–Trinajstić information content (AvgIpc) is 3.20. The van der Waals surface area contributed by atoms with E-state index in [-0.39, 0.29) is 40.8 Å². The van der Waals surface area contributed by atoms with E-state index in [4.69, 9.17) is 20.9 Å². The van der Waals surface area contributed by atoms with Crippen molar-refractivity contribution >= 4 is 33.2 Å². The lowest BCUT2D eigenvalue weighted by Crippen LogP contribution is -2.39. The van der Waals surface area contributed by atoms with Crippen molar-refractivity contribution in [3.63, 3.8) is 0 Å². The van der Waals surface area contributed by atoms with Crippen LogP contribution in [0, 0.1) is 6.92 Å². The van der Waals surface area contributed by atoms with Crippen LogP contribution in [-0.4, -0.2) is 31.1 Å². The fraction of sp³-hybridized carbons (Fsp3) is 0.318. The minimum Gasteiger partial charge on any atom is -0.482 e. The molecule has 2 aliphatic rings. The quantitative estimate of drug-likeness (QED) is 0.585. The smallest absolute Gasteiger partial charge is 0.265 e. The third-order valence-electron chi connectivity index (χ3n) is 5.78. The molecular weight excluding hydrogens is 468 g/mol. The number of rotatable bonds is 5. The van der Waals surface area contributed by atoms with Gasteiger partial charge in [0, 0.05) is 19.0 Å². The van der Waals surface area contributed by atoms with Crippen molar-refractivity contribution in [1.29, 1.82) is 0 Å². The molecule has 5 rings (SSSR count). The minimum atomic E-state index is -3.96. The first kappa shape index (κ1) is 21.9. The molecule has 11 heteroatoms. The van der Waals surface area contributed by atoms with E-state index in [1.54, 1.807) is 6.92 Å². The molecule has 2 aromatic carbocycles. The lowest BCUT2D eigenvalue weighted by atomic mass is 9.88. The van der Waals surface area contributed by atoms with Gasteiger partial charge in [0.1, 0.15) is 10.6 Å². The predicted molar refractivity (Wildman–Crippen MR) is 120 cm³/mol. The number of fused-ring (bicyclic) bond motifs is 2. The lowest BCUT2D eigenvalue weighted by molar-refractivity contribution is -0.121. The van der Waals surface area contributed by atoms with Gasteiger partial charge in [0.05, 0.1) is 17.3 Å². The molecule has 1 aliphatic carbocycles. The number of aromatic nitrogens is 2. The van der Waals surface area contributed by atoms with E-state index < -0.39 is 10.0 Å². The number of ether oxygens (including phenoxy) is 1. The Kier molecular flexibility index (Phi) is 5.59. The van der Waals surface area contributed by atoms with Gasteiger partial charge in [-0.3, -0.25) is 9.69 Å². The molecule has 0 saturated heterocycles. The van der Waals surface area contributed by atoms with E-state index in [1.165, 1.54) is 17.0 Å². The fourth-order valence-corrected chi connectivity index (χ4v) is 6.04. The van der Waals surface area contributed by atoms with Crippen molar-refractivity contribution in [3.8, 4) is 5.75 Å². The molecule has 9 nitrogen and oxygen atoms in total. The summed E-state index contributed by atoms with van der Waals surface area (Å²) < 4.78 is 39.9. The van der Waals surface area contributed by atoms with Gasteiger partial charge in [-0.05, 0) is 36.5 Å². The van der Waals surface area contributed by atoms with E-state index in [1.807, 2.05) is 24.3 Å². The summed E-state index contributed by atoms with van der Waals surface area (Å²) in [4.78, 5) is 17.9. The number of aryl methyl sites for hydroxylation is 2. The van der Waals surface area contributed by atoms with Crippen LogP contribution in [-0.2, 0) is 27.8 Å². The normalized spacial score (nSPS) is 17.9. The zero-order chi connectivity index (χ0) is 23.2. The summed E-state index contributed by atoms with van der Waals surface area (Å²) in [5.41, 5.74) is 2.47. The Labute approximate surface area is 195 Å². The number of halogens is 1. The number of benzene rings is 2. The molecule has 0 radical (unpaired) electrons. The molecule has 1 aromatic heterocycles. The third kappa shape index (κ3) is 4.21. The number of nitrogens with zero attached hydrogens (tertiary/aromatic N) is 3. The van der Waals surface area contributed by atoms with Gasteiger partial charge in [-0.15, -0.1) is 0 Å². The molecule has 0 bridgehead atoms. The number of amides is 1. The summed E-state index contributed by atoms with van der Waals surface area (Å²) in [5, 5.41) is 3.80. The molecule has 3 aromatic rings. The zero-order valence-electron chi connectivity index (χ0n) is 17.7. The van der Waals surface area contributed by atoms with Crippen molar-refractivity contribution in [1.82, 2.24) is 14.9 Å². The molecule has 1 N–H and O–H groups in total. The van der Waals surface area contributed by atoms with E-state index in [0.717, 1.165) is 24.0 Å². The molecule has 0 spiro atoms. The molecule has 33 heavy (non-hydrogen) atoms. The van der Waals surface area contributed by atoms with Crippen LogP contribution in [0.25, 0.3) is 0 Å². The van der Waals surface area contributed by atoms with Crippen LogP contribution in [0.4, 0.5) is 5.69 Å². The van der Waals surface area contributed by atoms with Crippen LogP contribution < -0.4 is 14.4 Å². The van der Waals surface area contributed by atoms with Gasteiger partial charge in [0.2, 0.25) is 15.9 Å². The Bertz CT molecular complexity index is 1340. The van der Waals surface area contributed by atoms with E-state index in [2.05, 4.69) is 14.9 Å². The van der Waals surface area contributed by atoms with Gasteiger partial charge in [0.15, 0.2) is 12.4 Å². The molecule has 1 atom stereocenters. The Morgan fingerprint density at radius 1 is 1.27 bits per heavy atom. The zero-order valence-corrected chi connectivity index (χ0v) is 19.3. The van der Waals surface area contributed by atoms with E-state index in [0.29, 0.717) is 23.8 Å². The molecule has 172 valence electrons. The molecule has 0 fully saturated rings. The number of hydrogen-bond donors (Lipinski definition) is 1. The summed E-state index contributed by atoms with van der Waals surface area (Å²) in [6, 6.07) is 10.3. The summed E-state index contributed by atoms with van der Waals surface area (Å²) in [5.74, 6) is 0.608. The number of carbonyl (C=O) groups excluding carboxylic acids is 1. The highest BCUT2D eigenvalue weighted by Gasteiger charge is 2.32. The van der Waals surface area contributed by atoms with Crippen molar-refractivity contribution in [2.45, 2.75) is 43.7 Å². The Hall–Kier alpha value is -2.95. The summed E-state index contributed by atoms with van der Waals surface area (Å²) in [6.45, 7) is 1.46. The van der Waals surface area contributed by atoms with Crippen LogP contribution in [0.3, 0.4) is 0 Å². The van der Waals surface area contributed by atoms with Crippen LogP contribution in [0.1, 0.15) is 41.7 Å². The molecule has 1 amide bonds. The highest BCUT2D eigenvalue weighted by atomic mass is 35.5. The topological polar surface area (TPSA) is 115 Å². The average molecular weight is 489 g/mol. The summed E-state index contributed by atoms with van der Waals surface area (Å²) >= 11 is 6.42. The van der Waals surface area contributed by atoms with Crippen molar-refractivity contribution in [2.24, 2.45) is 0 Å². The van der Waals surface area contributed by atoms with Crippen LogP contribution in [0.2, 0.25) is 5.02 Å². The van der Waals surface area contributed by atoms with Crippen LogP contribution in [0.15, 0.2) is 45.8 Å². The van der Waals surface area contributed by atoms with Crippen LogP contribution >= 0.6 is 11.6 Å². The first-order valence-corrected chi connectivity index (χ1v) is 12.3. The van der Waals surface area contributed by atoms with Gasteiger partial charge in [0.25, 0.3) is 5.91 Å². The first-order chi connectivity index (χ1) is 15.8. The maximum absolute atomic E-state index is 13.3. The largest absolute Gasteiger partial charge is 0.482 e. The Morgan fingerprint density at radius 3 is 2.88 bits per heavy atom. The molecule has 0 saturated carbocycles. The number of carbonyl (C=O) groups is 1. The maximum atomic E-state index is 13.3. The molecule has 1 unspecified atom stereocenters. The van der Waals surface area contributed by atoms with Gasteiger partial charge in [-0.1, -0.05) is 41.0 Å². The summed E-state index contributed by atoms with van der Waals surface area (Å²) in [7, 11) is -3.96. The second-order valence-corrected chi connectivity index (χ2v) is 10.1. The van der Waals surface area contributed by atoms with Crippen LogP contribution in [0.5, 0.6) is 5.75 Å². The lowest BCUT2D eigenvalue weighted by Gasteiger charge is -2.30. The predicted octanol–water partition coefficient (Wildman–Crippen LogP) is 3.31. The van der Waals surface area contributed by atoms with Gasteiger partial charge < -0.3 is 9.26 Å². The van der Waals surface area contributed by atoms with E-state index in [9.17, 15) is 13.2 Å². The highest BCUT2D eigenvalue weighted by Crippen LogP contribution is 2.40. The second kappa shape index (κ2) is 8.44. The van der Waals surface area contributed by atoms with E-state index >= 15 is 0 Å². The molecule has 1 aliphatic heterocycles. The SMILES string of the molecule is Cc1nc(CN2C(=O)COc3cc(S(=O)(=O)NC4CCCc5ccccc54)c(Cl)cc32)no1. The fourth-order valence-electron chi connectivity index (χ4n) is 4.26. The number of hydrogen-bond acceptors (Lipinski definition) is 7. The van der Waals surface area contributed by atoms with Gasteiger partial charge >= 0.3 is 0 Å². The number of anilines is 1. The van der Waals surface area contributed by atoms with Crippen molar-refractivity contribution in [2.75, 3.05) is 11.5 Å². The Morgan fingerprint density at radius 2 is 2.09 bits per heavy atom. The first-order valence-electron chi connectivity index (χ1n) is 10.5. The standard InChI is InChI=1S/C22H21ClN4O5S/c1-13-24-21(25-32-13)11-27-18-9-16(23)20(10-19(18)31-12-22(27)28)33(29,30)26-17-8-4-6-14-5-2-3-7-15(14)17/h2-3,5,7,9-10,17,26H,4,6,8,11-12H2,1H3. The maximum Gasteiger partial charge on any atom is 0.265 e. The second-order valence-electron chi connectivity index (χ2n) is 8.01. The van der Waals surface area contributed by atoms with Gasteiger partial charge in [-0.25, -0.2) is 13.1 Å². The summed E-state index contributed by atoms with van der Waals surface area (Å²) in [6.07, 6.45) is 2.51. The minimum absolute atomic E-state index is 0.0158. The highest BCUT2D eigenvalue weighted by molar-refractivity contribution is 7.89. The van der Waals surface area contributed by atoms with Crippen molar-refractivity contribution < 1.29 is 22.5 Å². The number of sulfonamides is 1.